The van der Waals surface area contributed by atoms with Gasteiger partial charge in [-0.15, -0.1) is 0 Å². The summed E-state index contributed by atoms with van der Waals surface area (Å²) in [6, 6.07) is 6.75. The summed E-state index contributed by atoms with van der Waals surface area (Å²) in [7, 11) is -4.47. The van der Waals surface area contributed by atoms with Gasteiger partial charge in [0.2, 0.25) is 0 Å². The third-order valence-corrected chi connectivity index (χ3v) is 8.25. The van der Waals surface area contributed by atoms with Gasteiger partial charge >= 0.3 is 0 Å². The van der Waals surface area contributed by atoms with Crippen LogP contribution < -0.4 is 14.8 Å². The smallest absolute Gasteiger partial charge is 0.266 e. The van der Waals surface area contributed by atoms with Gasteiger partial charge in [0.05, 0.1) is 30.3 Å². The Morgan fingerprint density at radius 3 is 2.39 bits per heavy atom. The fourth-order valence-electron chi connectivity index (χ4n) is 3.27. The molecule has 1 atom stereocenters. The second-order valence-corrected chi connectivity index (χ2v) is 10.6. The Balaban J connectivity index is 2.12. The van der Waals surface area contributed by atoms with Gasteiger partial charge in [0, 0.05) is 13.2 Å². The van der Waals surface area contributed by atoms with Gasteiger partial charge in [-0.1, -0.05) is 0 Å². The molecule has 0 bridgehead atoms. The molecule has 9 nitrogen and oxygen atoms in total. The van der Waals surface area contributed by atoms with Crippen molar-refractivity contribution >= 4 is 31.5 Å². The number of amides is 1. The van der Waals surface area contributed by atoms with Gasteiger partial charge in [-0.05, 0) is 36.8 Å². The van der Waals surface area contributed by atoms with Gasteiger partial charge < -0.3 is 15.0 Å². The highest BCUT2D eigenvalue weighted by Gasteiger charge is 2.39. The Hall–Kier alpha value is -2.53. The quantitative estimate of drug-likeness (QED) is 0.715. The van der Waals surface area contributed by atoms with E-state index in [2.05, 4.69) is 0 Å². The molecule has 0 radical (unpaired) electrons. The number of carbonyl (C=O) groups excluding carboxylic acids is 1. The van der Waals surface area contributed by atoms with Crippen molar-refractivity contribution in [1.29, 1.82) is 0 Å². The van der Waals surface area contributed by atoms with Crippen LogP contribution in [-0.4, -0.2) is 52.0 Å². The predicted molar refractivity (Wildman–Crippen MR) is 104 cm³/mol. The van der Waals surface area contributed by atoms with E-state index in [4.69, 9.17) is 10.5 Å². The number of rotatable bonds is 6. The molecule has 0 saturated carbocycles. The lowest BCUT2D eigenvalue weighted by molar-refractivity contribution is 0.0992. The molecule has 152 valence electrons. The number of hydrogen-bond acceptors (Lipinski definition) is 6. The first-order chi connectivity index (χ1) is 13.0. The molecule has 2 N–H and O–H groups in total. The van der Waals surface area contributed by atoms with Crippen LogP contribution in [0.5, 0.6) is 5.75 Å². The monoisotopic (exact) mass is 427 g/mol. The van der Waals surface area contributed by atoms with E-state index in [1.54, 1.807) is 24.3 Å². The summed E-state index contributed by atoms with van der Waals surface area (Å²) in [6.45, 7) is 0. The van der Waals surface area contributed by atoms with Gasteiger partial charge in [-0.25, -0.2) is 16.8 Å². The van der Waals surface area contributed by atoms with Crippen LogP contribution in [0.25, 0.3) is 0 Å². The molecule has 0 unspecified atom stereocenters. The van der Waals surface area contributed by atoms with Crippen LogP contribution in [0, 0.1) is 0 Å². The number of nitrogens with zero attached hydrogens (tertiary/aromatic N) is 2. The molecule has 1 aliphatic heterocycles. The van der Waals surface area contributed by atoms with Gasteiger partial charge in [0.15, 0.2) is 9.84 Å². The molecule has 1 aromatic heterocycles. The van der Waals surface area contributed by atoms with E-state index in [-0.39, 0.29) is 28.5 Å². The third-order valence-electron chi connectivity index (χ3n) is 4.66. The van der Waals surface area contributed by atoms with Crippen molar-refractivity contribution in [2.24, 2.45) is 12.8 Å². The molecule has 2 heterocycles. The van der Waals surface area contributed by atoms with Crippen molar-refractivity contribution < 1.29 is 26.4 Å². The van der Waals surface area contributed by atoms with Crippen LogP contribution in [0.2, 0.25) is 0 Å². The first-order valence-corrected chi connectivity index (χ1v) is 11.7. The van der Waals surface area contributed by atoms with Crippen LogP contribution >= 0.6 is 0 Å². The van der Waals surface area contributed by atoms with Crippen molar-refractivity contribution in [3.8, 4) is 5.75 Å². The molecule has 1 saturated heterocycles. The second-order valence-electron chi connectivity index (χ2n) is 6.59. The number of primary amides is 1. The van der Waals surface area contributed by atoms with E-state index in [1.807, 2.05) is 0 Å². The molecule has 1 fully saturated rings. The lowest BCUT2D eigenvalue weighted by Gasteiger charge is -2.29. The highest BCUT2D eigenvalue weighted by Crippen LogP contribution is 2.32. The fraction of sp³-hybridized carbons (Fsp3) is 0.353. The standard InChI is InChI=1S/C17H21N3O6S2/c1-19-10-15(9-16(19)17(18)21)28(24,25)20(13-7-8-27(22,23)11-13)12-3-5-14(26-2)6-4-12/h3-6,9-10,13H,7-8,11H2,1-2H3,(H2,18,21)/t13-/m1/s1. The molecule has 1 aliphatic rings. The highest BCUT2D eigenvalue weighted by atomic mass is 32.2. The van der Waals surface area contributed by atoms with Gasteiger partial charge in [0.1, 0.15) is 16.3 Å². The van der Waals surface area contributed by atoms with Gasteiger partial charge in [0.25, 0.3) is 15.9 Å². The Labute approximate surface area is 163 Å². The highest BCUT2D eigenvalue weighted by molar-refractivity contribution is 7.93. The van der Waals surface area contributed by atoms with Crippen LogP contribution in [0.1, 0.15) is 16.9 Å². The number of ether oxygens (including phenoxy) is 1. The van der Waals surface area contributed by atoms with Gasteiger partial charge in [-0.3, -0.25) is 9.10 Å². The molecule has 28 heavy (non-hydrogen) atoms. The number of anilines is 1. The Kier molecular flexibility index (Phi) is 5.15. The zero-order valence-corrected chi connectivity index (χ0v) is 17.0. The summed E-state index contributed by atoms with van der Waals surface area (Å²) in [5.41, 5.74) is 5.63. The number of hydrogen-bond donors (Lipinski definition) is 1. The SMILES string of the molecule is COc1ccc(N([C@@H]2CCS(=O)(=O)C2)S(=O)(=O)c2cc(C(N)=O)n(C)c2)cc1. The van der Waals surface area contributed by atoms with E-state index in [0.29, 0.717) is 11.4 Å². The van der Waals surface area contributed by atoms with Crippen molar-refractivity contribution in [3.05, 3.63) is 42.2 Å². The molecular weight excluding hydrogens is 406 g/mol. The Morgan fingerprint density at radius 1 is 1.29 bits per heavy atom. The Bertz CT molecular complexity index is 1100. The number of sulfonamides is 1. The molecule has 0 aliphatic carbocycles. The van der Waals surface area contributed by atoms with E-state index in [9.17, 15) is 21.6 Å². The maximum absolute atomic E-state index is 13.4. The lowest BCUT2D eigenvalue weighted by atomic mass is 10.2. The largest absolute Gasteiger partial charge is 0.497 e. The average Bonchev–Trinajstić information content (AvgIpc) is 3.18. The molecule has 3 rings (SSSR count). The zero-order valence-electron chi connectivity index (χ0n) is 15.4. The number of aromatic nitrogens is 1. The number of sulfone groups is 1. The number of nitrogens with two attached hydrogens (primary N) is 1. The minimum atomic E-state index is -4.14. The summed E-state index contributed by atoms with van der Waals surface area (Å²) in [6.07, 6.45) is 1.47. The minimum Gasteiger partial charge on any atom is -0.497 e. The van der Waals surface area contributed by atoms with Crippen molar-refractivity contribution in [1.82, 2.24) is 4.57 Å². The first kappa shape index (κ1) is 20.2. The van der Waals surface area contributed by atoms with Crippen molar-refractivity contribution in [3.63, 3.8) is 0 Å². The van der Waals surface area contributed by atoms with E-state index >= 15 is 0 Å². The third kappa shape index (κ3) is 3.72. The van der Waals surface area contributed by atoms with Crippen molar-refractivity contribution in [2.45, 2.75) is 17.4 Å². The van der Waals surface area contributed by atoms with E-state index in [0.717, 1.165) is 4.31 Å². The number of methoxy groups -OCH3 is 1. The second kappa shape index (κ2) is 7.13. The normalized spacial score (nSPS) is 18.7. The summed E-state index contributed by atoms with van der Waals surface area (Å²) in [5.74, 6) is -0.575. The molecule has 11 heteroatoms. The average molecular weight is 428 g/mol. The number of aryl methyl sites for hydroxylation is 1. The lowest BCUT2D eigenvalue weighted by Crippen LogP contribution is -2.41. The summed E-state index contributed by atoms with van der Waals surface area (Å²) in [4.78, 5) is 11.4. The molecule has 2 aromatic rings. The summed E-state index contributed by atoms with van der Waals surface area (Å²) < 4.78 is 58.3. The summed E-state index contributed by atoms with van der Waals surface area (Å²) in [5, 5.41) is 0. The number of benzene rings is 1. The summed E-state index contributed by atoms with van der Waals surface area (Å²) >= 11 is 0. The van der Waals surface area contributed by atoms with E-state index < -0.39 is 31.8 Å². The van der Waals surface area contributed by atoms with Gasteiger partial charge in [-0.2, -0.15) is 0 Å². The molecule has 1 aromatic carbocycles. The fourth-order valence-corrected chi connectivity index (χ4v) is 6.81. The maximum atomic E-state index is 13.4. The molecule has 1 amide bonds. The Morgan fingerprint density at radius 2 is 1.93 bits per heavy atom. The zero-order chi connectivity index (χ0) is 20.7. The van der Waals surface area contributed by atoms with Crippen LogP contribution in [-0.2, 0) is 26.9 Å². The van der Waals surface area contributed by atoms with E-state index in [1.165, 1.54) is 31.0 Å². The van der Waals surface area contributed by atoms with Crippen molar-refractivity contribution in [2.75, 3.05) is 22.9 Å². The first-order valence-electron chi connectivity index (χ1n) is 8.40. The van der Waals surface area contributed by atoms with Crippen LogP contribution in [0.4, 0.5) is 5.69 Å². The predicted octanol–water partition coefficient (Wildman–Crippen LogP) is 0.515. The van der Waals surface area contributed by atoms with Crippen LogP contribution in [0.15, 0.2) is 41.4 Å². The minimum absolute atomic E-state index is 0.0345. The maximum Gasteiger partial charge on any atom is 0.266 e. The topological polar surface area (TPSA) is 129 Å². The van der Waals surface area contributed by atoms with Crippen LogP contribution in [0.3, 0.4) is 0 Å². The molecule has 0 spiro atoms. The number of carbonyl (C=O) groups is 1. The molecular formula is C17H21N3O6S2.